The molecule has 0 aromatic heterocycles. The molecule has 0 aromatic carbocycles. The highest BCUT2D eigenvalue weighted by atomic mass is 32.2. The van der Waals surface area contributed by atoms with Gasteiger partial charge in [-0.3, -0.25) is 0 Å². The number of hydrogen-bond donors (Lipinski definition) is 2. The molecule has 0 saturated heterocycles. The van der Waals surface area contributed by atoms with E-state index in [1.807, 2.05) is 7.05 Å². The first-order valence-corrected chi connectivity index (χ1v) is 7.91. The van der Waals surface area contributed by atoms with Crippen LogP contribution in [-0.4, -0.2) is 47.0 Å². The van der Waals surface area contributed by atoms with Gasteiger partial charge in [0.1, 0.15) is 0 Å². The SMILES string of the molecule is CNCCCCS(=O)(=O)NC1CCCC1OC. The molecule has 1 rings (SSSR count). The fourth-order valence-corrected chi connectivity index (χ4v) is 3.66. The highest BCUT2D eigenvalue weighted by Crippen LogP contribution is 2.22. The van der Waals surface area contributed by atoms with Crippen LogP contribution in [0.25, 0.3) is 0 Å². The normalized spacial score (nSPS) is 25.3. The van der Waals surface area contributed by atoms with E-state index in [1.165, 1.54) is 0 Å². The maximum absolute atomic E-state index is 11.8. The Morgan fingerprint density at radius 2 is 2.06 bits per heavy atom. The molecule has 0 aromatic rings. The molecule has 17 heavy (non-hydrogen) atoms. The zero-order valence-corrected chi connectivity index (χ0v) is 11.6. The molecule has 0 heterocycles. The second-order valence-corrected chi connectivity index (χ2v) is 6.43. The van der Waals surface area contributed by atoms with E-state index in [2.05, 4.69) is 10.0 Å². The van der Waals surface area contributed by atoms with Gasteiger partial charge in [-0.2, -0.15) is 0 Å². The molecule has 1 aliphatic rings. The molecule has 0 spiro atoms. The topological polar surface area (TPSA) is 67.4 Å². The van der Waals surface area contributed by atoms with E-state index in [4.69, 9.17) is 4.74 Å². The number of nitrogens with one attached hydrogen (secondary N) is 2. The smallest absolute Gasteiger partial charge is 0.211 e. The van der Waals surface area contributed by atoms with Crippen LogP contribution in [-0.2, 0) is 14.8 Å². The molecule has 1 aliphatic carbocycles. The molecule has 1 saturated carbocycles. The summed E-state index contributed by atoms with van der Waals surface area (Å²) in [6.07, 6.45) is 4.49. The zero-order chi connectivity index (χ0) is 12.7. The van der Waals surface area contributed by atoms with E-state index in [0.717, 1.165) is 32.2 Å². The van der Waals surface area contributed by atoms with E-state index in [9.17, 15) is 8.42 Å². The van der Waals surface area contributed by atoms with Gasteiger partial charge in [-0.05, 0) is 45.7 Å². The first-order chi connectivity index (χ1) is 8.09. The van der Waals surface area contributed by atoms with Crippen LogP contribution in [0.15, 0.2) is 0 Å². The predicted molar refractivity (Wildman–Crippen MR) is 68.5 cm³/mol. The van der Waals surface area contributed by atoms with Gasteiger partial charge in [-0.1, -0.05) is 0 Å². The lowest BCUT2D eigenvalue weighted by molar-refractivity contribution is 0.0916. The molecule has 0 bridgehead atoms. The van der Waals surface area contributed by atoms with Gasteiger partial charge in [0.25, 0.3) is 0 Å². The highest BCUT2D eigenvalue weighted by molar-refractivity contribution is 7.89. The summed E-state index contributed by atoms with van der Waals surface area (Å²) in [5.41, 5.74) is 0. The lowest BCUT2D eigenvalue weighted by Gasteiger charge is -2.19. The van der Waals surface area contributed by atoms with Crippen molar-refractivity contribution in [2.45, 2.75) is 44.2 Å². The quantitative estimate of drug-likeness (QED) is 0.626. The second-order valence-electron chi connectivity index (χ2n) is 4.56. The molecule has 6 heteroatoms. The number of unbranched alkanes of at least 4 members (excludes halogenated alkanes) is 1. The summed E-state index contributed by atoms with van der Waals surface area (Å²) in [7, 11) is 0.366. The molecule has 0 amide bonds. The Balaban J connectivity index is 2.33. The summed E-state index contributed by atoms with van der Waals surface area (Å²) in [6, 6.07) is -0.0331. The standard InChI is InChI=1S/C11H24N2O3S/c1-12-8-3-4-9-17(14,15)13-10-6-5-7-11(10)16-2/h10-13H,3-9H2,1-2H3. The van der Waals surface area contributed by atoms with Gasteiger partial charge >= 0.3 is 0 Å². The van der Waals surface area contributed by atoms with Crippen molar-refractivity contribution in [3.8, 4) is 0 Å². The van der Waals surface area contributed by atoms with Crippen molar-refractivity contribution in [1.82, 2.24) is 10.0 Å². The molecule has 2 N–H and O–H groups in total. The van der Waals surface area contributed by atoms with Gasteiger partial charge in [-0.25, -0.2) is 13.1 Å². The maximum atomic E-state index is 11.8. The summed E-state index contributed by atoms with van der Waals surface area (Å²) in [6.45, 7) is 0.861. The summed E-state index contributed by atoms with van der Waals surface area (Å²) in [5, 5.41) is 3.01. The third-order valence-electron chi connectivity index (χ3n) is 3.18. The van der Waals surface area contributed by atoms with Gasteiger partial charge in [0.05, 0.1) is 11.9 Å². The number of hydrogen-bond acceptors (Lipinski definition) is 4. The number of sulfonamides is 1. The number of rotatable bonds is 8. The molecule has 5 nitrogen and oxygen atoms in total. The van der Waals surface area contributed by atoms with Gasteiger partial charge in [0.2, 0.25) is 10.0 Å². The molecular weight excluding hydrogens is 240 g/mol. The van der Waals surface area contributed by atoms with Crippen molar-refractivity contribution in [1.29, 1.82) is 0 Å². The lowest BCUT2D eigenvalue weighted by atomic mass is 10.2. The van der Waals surface area contributed by atoms with Crippen molar-refractivity contribution in [2.75, 3.05) is 26.5 Å². The largest absolute Gasteiger partial charge is 0.380 e. The van der Waals surface area contributed by atoms with Crippen LogP contribution in [0.3, 0.4) is 0 Å². The van der Waals surface area contributed by atoms with Crippen molar-refractivity contribution >= 4 is 10.0 Å². The fourth-order valence-electron chi connectivity index (χ4n) is 2.23. The third-order valence-corrected chi connectivity index (χ3v) is 4.66. The predicted octanol–water partition coefficient (Wildman–Crippen LogP) is 0.473. The average molecular weight is 264 g/mol. The average Bonchev–Trinajstić information content (AvgIpc) is 2.71. The Kier molecular flexibility index (Phi) is 6.40. The Morgan fingerprint density at radius 3 is 2.71 bits per heavy atom. The third kappa shape index (κ3) is 5.33. The fraction of sp³-hybridized carbons (Fsp3) is 1.00. The minimum absolute atomic E-state index is 0.0331. The van der Waals surface area contributed by atoms with Crippen LogP contribution in [0.4, 0.5) is 0 Å². The summed E-state index contributed by atoms with van der Waals surface area (Å²) < 4.78 is 31.7. The minimum atomic E-state index is -3.15. The molecule has 2 unspecified atom stereocenters. The maximum Gasteiger partial charge on any atom is 0.211 e. The van der Waals surface area contributed by atoms with Crippen molar-refractivity contribution < 1.29 is 13.2 Å². The van der Waals surface area contributed by atoms with Gasteiger partial charge in [0, 0.05) is 13.2 Å². The van der Waals surface area contributed by atoms with Crippen molar-refractivity contribution in [3.05, 3.63) is 0 Å². The summed E-state index contributed by atoms with van der Waals surface area (Å²) >= 11 is 0. The molecule has 2 atom stereocenters. The Morgan fingerprint density at radius 1 is 1.29 bits per heavy atom. The monoisotopic (exact) mass is 264 g/mol. The van der Waals surface area contributed by atoms with E-state index in [-0.39, 0.29) is 17.9 Å². The van der Waals surface area contributed by atoms with E-state index in [1.54, 1.807) is 7.11 Å². The molecule has 1 fully saturated rings. The van der Waals surface area contributed by atoms with Gasteiger partial charge in [-0.15, -0.1) is 0 Å². The Bertz CT molecular complexity index is 306. The molecular formula is C11H24N2O3S. The Hall–Kier alpha value is -0.170. The number of ether oxygens (including phenoxy) is 1. The zero-order valence-electron chi connectivity index (χ0n) is 10.7. The summed E-state index contributed by atoms with van der Waals surface area (Å²) in [4.78, 5) is 0. The van der Waals surface area contributed by atoms with Crippen LogP contribution >= 0.6 is 0 Å². The van der Waals surface area contributed by atoms with Crippen LogP contribution in [0.2, 0.25) is 0 Å². The molecule has 0 radical (unpaired) electrons. The van der Waals surface area contributed by atoms with Crippen molar-refractivity contribution in [3.63, 3.8) is 0 Å². The van der Waals surface area contributed by atoms with Gasteiger partial charge in [0.15, 0.2) is 0 Å². The molecule has 0 aliphatic heterocycles. The first kappa shape index (κ1) is 14.9. The van der Waals surface area contributed by atoms with E-state index >= 15 is 0 Å². The van der Waals surface area contributed by atoms with Gasteiger partial charge < -0.3 is 10.1 Å². The number of methoxy groups -OCH3 is 1. The minimum Gasteiger partial charge on any atom is -0.380 e. The lowest BCUT2D eigenvalue weighted by Crippen LogP contribution is -2.41. The molecule has 102 valence electrons. The first-order valence-electron chi connectivity index (χ1n) is 6.26. The van der Waals surface area contributed by atoms with E-state index < -0.39 is 10.0 Å². The second kappa shape index (κ2) is 7.31. The van der Waals surface area contributed by atoms with Crippen LogP contribution in [0, 0.1) is 0 Å². The van der Waals surface area contributed by atoms with Crippen LogP contribution in [0.5, 0.6) is 0 Å². The highest BCUT2D eigenvalue weighted by Gasteiger charge is 2.30. The van der Waals surface area contributed by atoms with Crippen LogP contribution in [0.1, 0.15) is 32.1 Å². The Labute approximate surface area is 104 Å². The van der Waals surface area contributed by atoms with Crippen LogP contribution < -0.4 is 10.0 Å². The summed E-state index contributed by atoms with van der Waals surface area (Å²) in [5.74, 6) is 0.210. The van der Waals surface area contributed by atoms with E-state index in [0.29, 0.717) is 6.42 Å². The van der Waals surface area contributed by atoms with Crippen molar-refractivity contribution in [2.24, 2.45) is 0 Å².